The normalized spacial score (nSPS) is 15.6. The van der Waals surface area contributed by atoms with Crippen LogP contribution in [0, 0.1) is 25.7 Å². The van der Waals surface area contributed by atoms with Gasteiger partial charge in [0.2, 0.25) is 0 Å². The van der Waals surface area contributed by atoms with Crippen LogP contribution >= 0.6 is 0 Å². The van der Waals surface area contributed by atoms with Gasteiger partial charge in [-0.15, -0.1) is 0 Å². The molecule has 0 heterocycles. The zero-order chi connectivity index (χ0) is 34.0. The maximum atomic E-state index is 2.62. The van der Waals surface area contributed by atoms with Crippen molar-refractivity contribution in [3.05, 3.63) is 150 Å². The number of fused-ring (bicyclic) bond motifs is 3. The zero-order valence-electron chi connectivity index (χ0n) is 31.6. The van der Waals surface area contributed by atoms with E-state index in [4.69, 9.17) is 0 Å². The van der Waals surface area contributed by atoms with Crippen LogP contribution in [0.5, 0.6) is 0 Å². The van der Waals surface area contributed by atoms with E-state index in [9.17, 15) is 0 Å². The van der Waals surface area contributed by atoms with Gasteiger partial charge in [-0.05, 0) is 0 Å². The summed E-state index contributed by atoms with van der Waals surface area (Å²) in [7, 11) is 0. The van der Waals surface area contributed by atoms with Gasteiger partial charge in [0.15, 0.2) is 0 Å². The van der Waals surface area contributed by atoms with Gasteiger partial charge in [0, 0.05) is 0 Å². The van der Waals surface area contributed by atoms with Crippen molar-refractivity contribution >= 4 is 3.21 Å². The molecule has 0 spiro atoms. The van der Waals surface area contributed by atoms with E-state index >= 15 is 0 Å². The maximum Gasteiger partial charge on any atom is -1.00 e. The zero-order valence-corrected chi connectivity index (χ0v) is 35.6. The Balaban J connectivity index is 0.00000270. The van der Waals surface area contributed by atoms with Gasteiger partial charge >= 0.3 is 295 Å². The SMILES string of the molecule is CC1=[C]([Zr+2](=[C](c2ccc(C)cc2)c2ccc(C)cc2)[CH]2c3cc(C(C)(C)C)ccc3-c3ccc(C(C)(C)C)cc32)C(C)C=C1C(C)C.[Cl-].[Cl-]. The van der Waals surface area contributed by atoms with Gasteiger partial charge in [-0.1, -0.05) is 0 Å². The Morgan fingerprint density at radius 2 is 1.02 bits per heavy atom. The first-order valence-corrected chi connectivity index (χ1v) is 21.5. The molecule has 1 atom stereocenters. The standard InChI is InChI=1S/C21H25.C15H14.C10H15.2ClH.Zr/c1-20(2,3)16-7-9-18-14(12-16)11-15-13-17(21(4,5)6)8-10-19(15)18;1-12-3-7-14(8-4-12)11-15-9-5-13(2)6-10-15;1-7(2)10-6-8(3)5-9(10)4;;;/h7-13H,1-6H3;3-10H,1-2H3;6-8H,1-4H3;2*1H;/q;;;;;+2/p-2. The smallest absolute Gasteiger partial charge is 1.00 e. The van der Waals surface area contributed by atoms with Crippen molar-refractivity contribution in [1.82, 2.24) is 0 Å². The van der Waals surface area contributed by atoms with Gasteiger partial charge in [0.1, 0.15) is 0 Å². The molecule has 1 unspecified atom stereocenters. The van der Waals surface area contributed by atoms with Crippen LogP contribution in [-0.2, 0) is 32.1 Å². The number of benzene rings is 4. The minimum absolute atomic E-state index is 0. The van der Waals surface area contributed by atoms with Crippen LogP contribution in [0.3, 0.4) is 0 Å². The molecule has 0 nitrogen and oxygen atoms in total. The van der Waals surface area contributed by atoms with Crippen LogP contribution in [0.25, 0.3) is 11.1 Å². The second kappa shape index (κ2) is 14.7. The fourth-order valence-corrected chi connectivity index (χ4v) is 17.9. The number of hydrogen-bond donors (Lipinski definition) is 0. The molecule has 0 radical (unpaired) electrons. The van der Waals surface area contributed by atoms with Crippen LogP contribution in [0.1, 0.15) is 117 Å². The van der Waals surface area contributed by atoms with E-state index in [0.717, 1.165) is 0 Å². The summed E-state index contributed by atoms with van der Waals surface area (Å²) < 4.78 is 3.80. The molecule has 6 rings (SSSR count). The number of aryl methyl sites for hydroxylation is 2. The quantitative estimate of drug-likeness (QED) is 0.222. The van der Waals surface area contributed by atoms with Gasteiger partial charge in [-0.25, -0.2) is 0 Å². The average molecular weight is 769 g/mol. The summed E-state index contributed by atoms with van der Waals surface area (Å²) >= 11 is -2.92. The molecule has 49 heavy (non-hydrogen) atoms. The molecule has 0 saturated heterocycles. The maximum absolute atomic E-state index is 2.92. The largest absolute Gasteiger partial charge is 1.00 e. The average Bonchev–Trinajstić information content (AvgIpc) is 3.49. The third kappa shape index (κ3) is 7.52. The Kier molecular flexibility index (Phi) is 11.9. The molecule has 3 heteroatoms. The van der Waals surface area contributed by atoms with E-state index in [-0.39, 0.29) is 35.6 Å². The van der Waals surface area contributed by atoms with Crippen LogP contribution in [-0.4, -0.2) is 3.21 Å². The Morgan fingerprint density at radius 1 is 0.612 bits per heavy atom. The summed E-state index contributed by atoms with van der Waals surface area (Å²) in [6.07, 6.45) is 2.62. The molecule has 2 aliphatic carbocycles. The first kappa shape index (κ1) is 39.5. The summed E-state index contributed by atoms with van der Waals surface area (Å²) in [4.78, 5) is 0. The van der Waals surface area contributed by atoms with E-state index in [1.165, 1.54) is 44.5 Å². The third-order valence-corrected chi connectivity index (χ3v) is 19.8. The van der Waals surface area contributed by atoms with E-state index in [1.807, 2.05) is 0 Å². The molecule has 0 aliphatic heterocycles. The topological polar surface area (TPSA) is 0 Å². The van der Waals surface area contributed by atoms with Crippen LogP contribution in [0.4, 0.5) is 0 Å². The number of halogens is 2. The Bertz CT molecular complexity index is 1830. The van der Waals surface area contributed by atoms with Gasteiger partial charge in [0.25, 0.3) is 0 Å². The molecule has 4 aromatic carbocycles. The van der Waals surface area contributed by atoms with Gasteiger partial charge < -0.3 is 24.8 Å². The first-order valence-electron chi connectivity index (χ1n) is 17.7. The Hall–Kier alpha value is -2.31. The van der Waals surface area contributed by atoms with Gasteiger partial charge in [-0.3, -0.25) is 0 Å². The summed E-state index contributed by atoms with van der Waals surface area (Å²) in [6.45, 7) is 28.3. The molecule has 256 valence electrons. The first-order chi connectivity index (χ1) is 22.1. The van der Waals surface area contributed by atoms with Gasteiger partial charge in [-0.2, -0.15) is 0 Å². The second-order valence-corrected chi connectivity index (χ2v) is 22.7. The summed E-state index contributed by atoms with van der Waals surface area (Å²) in [5, 5.41) is 0. The fraction of sp³-hybridized carbons (Fsp3) is 0.370. The van der Waals surface area contributed by atoms with Crippen molar-refractivity contribution in [3.63, 3.8) is 0 Å². The summed E-state index contributed by atoms with van der Waals surface area (Å²) in [5.74, 6) is 0.960. The van der Waals surface area contributed by atoms with Crippen molar-refractivity contribution in [1.29, 1.82) is 0 Å². The van der Waals surface area contributed by atoms with Crippen LogP contribution in [0.15, 0.2) is 105 Å². The molecule has 4 aromatic rings. The van der Waals surface area contributed by atoms with Crippen molar-refractivity contribution < 1.29 is 46.1 Å². The van der Waals surface area contributed by atoms with Crippen molar-refractivity contribution in [2.24, 2.45) is 11.8 Å². The number of hydrogen-bond acceptors (Lipinski definition) is 0. The minimum Gasteiger partial charge on any atom is -1.00 e. The summed E-state index contributed by atoms with van der Waals surface area (Å²) in [6, 6.07) is 33.9. The minimum atomic E-state index is -2.92. The van der Waals surface area contributed by atoms with Crippen molar-refractivity contribution in [3.8, 4) is 11.1 Å². The molecule has 0 aromatic heterocycles. The van der Waals surface area contributed by atoms with Crippen molar-refractivity contribution in [2.75, 3.05) is 0 Å². The molecule has 0 fully saturated rings. The fourth-order valence-electron chi connectivity index (χ4n) is 7.91. The van der Waals surface area contributed by atoms with Crippen LogP contribution < -0.4 is 24.8 Å². The Labute approximate surface area is 317 Å². The van der Waals surface area contributed by atoms with E-state index in [1.54, 1.807) is 28.8 Å². The Morgan fingerprint density at radius 3 is 1.37 bits per heavy atom. The molecule has 2 aliphatic rings. The summed E-state index contributed by atoms with van der Waals surface area (Å²) in [5.41, 5.74) is 17.6. The molecular formula is C46H54Cl2Zr. The third-order valence-electron chi connectivity index (χ3n) is 10.6. The van der Waals surface area contributed by atoms with E-state index in [0.29, 0.717) is 15.5 Å². The molecular weight excluding hydrogens is 715 g/mol. The van der Waals surface area contributed by atoms with Gasteiger partial charge in [0.05, 0.1) is 0 Å². The number of rotatable bonds is 5. The molecule has 0 saturated carbocycles. The molecule has 0 N–H and O–H groups in total. The number of allylic oxidation sites excluding steroid dienone is 4. The van der Waals surface area contributed by atoms with E-state index in [2.05, 4.69) is 174 Å². The second-order valence-electron chi connectivity index (χ2n) is 16.7. The predicted molar refractivity (Wildman–Crippen MR) is 201 cm³/mol. The van der Waals surface area contributed by atoms with Crippen LogP contribution in [0.2, 0.25) is 0 Å². The van der Waals surface area contributed by atoms with E-state index < -0.39 is 21.3 Å². The predicted octanol–water partition coefficient (Wildman–Crippen LogP) is 6.37. The van der Waals surface area contributed by atoms with Crippen molar-refractivity contribution in [2.45, 2.75) is 97.5 Å². The molecule has 0 amide bonds. The monoisotopic (exact) mass is 766 g/mol. The molecule has 0 bridgehead atoms.